The van der Waals surface area contributed by atoms with Gasteiger partial charge in [0.15, 0.2) is 0 Å². The van der Waals surface area contributed by atoms with Crippen molar-refractivity contribution in [2.24, 2.45) is 0 Å². The lowest BCUT2D eigenvalue weighted by Crippen LogP contribution is -2.50. The number of sulfonamides is 1. The van der Waals surface area contributed by atoms with Gasteiger partial charge in [-0.3, -0.25) is 4.79 Å². The van der Waals surface area contributed by atoms with Crippen molar-refractivity contribution in [2.45, 2.75) is 31.6 Å². The molecule has 0 bridgehead atoms. The Kier molecular flexibility index (Phi) is 8.28. The first-order valence-corrected chi connectivity index (χ1v) is 12.5. The number of piperazine rings is 1. The van der Waals surface area contributed by atoms with Gasteiger partial charge in [0.2, 0.25) is 10.0 Å². The molecule has 174 valence electrons. The van der Waals surface area contributed by atoms with Gasteiger partial charge in [-0.25, -0.2) is 8.42 Å². The molecule has 3 rings (SSSR count). The highest BCUT2D eigenvalue weighted by Gasteiger charge is 2.30. The van der Waals surface area contributed by atoms with E-state index in [2.05, 4.69) is 13.8 Å². The van der Waals surface area contributed by atoms with Gasteiger partial charge in [0.1, 0.15) is 12.4 Å². The van der Waals surface area contributed by atoms with Crippen LogP contribution in [0.2, 0.25) is 0 Å². The van der Waals surface area contributed by atoms with Crippen molar-refractivity contribution in [2.75, 3.05) is 46.0 Å². The number of carbonyl (C=O) groups is 1. The van der Waals surface area contributed by atoms with E-state index >= 15 is 0 Å². The molecule has 2 aromatic carbocycles. The fraction of sp³-hybridized carbons (Fsp3) is 0.458. The number of amides is 1. The highest BCUT2D eigenvalue weighted by molar-refractivity contribution is 7.89. The molecule has 7 nitrogen and oxygen atoms in total. The monoisotopic (exact) mass is 460 g/mol. The minimum Gasteiger partial charge on any atom is -0.491 e. The standard InChI is InChI=1S/C24H32N2O5S/c1-4-30-17-18-31-22-9-11-23(12-10-22)32(28,29)26-15-13-25(14-16-26)24(27)21-7-5-20(6-8-21)19(2)3/h5-12,19H,4,13-18H2,1-3H3. The minimum atomic E-state index is -3.62. The Morgan fingerprint density at radius 3 is 2.12 bits per heavy atom. The van der Waals surface area contributed by atoms with Crippen molar-refractivity contribution in [3.63, 3.8) is 0 Å². The van der Waals surface area contributed by atoms with Crippen molar-refractivity contribution < 1.29 is 22.7 Å². The van der Waals surface area contributed by atoms with E-state index in [1.807, 2.05) is 31.2 Å². The summed E-state index contributed by atoms with van der Waals surface area (Å²) in [6.45, 7) is 8.93. The van der Waals surface area contributed by atoms with Gasteiger partial charge in [0.05, 0.1) is 11.5 Å². The number of ether oxygens (including phenoxy) is 2. The lowest BCUT2D eigenvalue weighted by Gasteiger charge is -2.34. The van der Waals surface area contributed by atoms with Crippen molar-refractivity contribution >= 4 is 15.9 Å². The first kappa shape index (κ1) is 24.2. The highest BCUT2D eigenvalue weighted by atomic mass is 32.2. The highest BCUT2D eigenvalue weighted by Crippen LogP contribution is 2.22. The fourth-order valence-electron chi connectivity index (χ4n) is 3.54. The van der Waals surface area contributed by atoms with E-state index in [0.29, 0.717) is 50.1 Å². The molecule has 0 N–H and O–H groups in total. The van der Waals surface area contributed by atoms with Crippen LogP contribution in [0, 0.1) is 0 Å². The van der Waals surface area contributed by atoms with Crippen LogP contribution in [0.5, 0.6) is 5.75 Å². The van der Waals surface area contributed by atoms with E-state index in [1.54, 1.807) is 29.2 Å². The molecule has 0 saturated carbocycles. The average molecular weight is 461 g/mol. The second-order valence-corrected chi connectivity index (χ2v) is 9.93. The molecule has 1 aliphatic rings. The molecule has 1 fully saturated rings. The van der Waals surface area contributed by atoms with E-state index in [9.17, 15) is 13.2 Å². The van der Waals surface area contributed by atoms with Crippen LogP contribution in [0.15, 0.2) is 53.4 Å². The van der Waals surface area contributed by atoms with Crippen LogP contribution in [0.4, 0.5) is 0 Å². The molecule has 0 unspecified atom stereocenters. The van der Waals surface area contributed by atoms with Crippen molar-refractivity contribution in [1.29, 1.82) is 0 Å². The molecular weight excluding hydrogens is 428 g/mol. The Morgan fingerprint density at radius 2 is 1.56 bits per heavy atom. The van der Waals surface area contributed by atoms with Gasteiger partial charge >= 0.3 is 0 Å². The van der Waals surface area contributed by atoms with Crippen LogP contribution in [0.1, 0.15) is 42.6 Å². The first-order valence-electron chi connectivity index (χ1n) is 11.0. The number of rotatable bonds is 9. The molecule has 0 aromatic heterocycles. The topological polar surface area (TPSA) is 76.2 Å². The van der Waals surface area contributed by atoms with Crippen molar-refractivity contribution in [3.8, 4) is 5.75 Å². The molecule has 1 heterocycles. The summed E-state index contributed by atoms with van der Waals surface area (Å²) < 4.78 is 38.2. The third kappa shape index (κ3) is 5.88. The zero-order valence-electron chi connectivity index (χ0n) is 19.0. The normalized spacial score (nSPS) is 15.2. The lowest BCUT2D eigenvalue weighted by molar-refractivity contribution is 0.0698. The Labute approximate surface area is 191 Å². The van der Waals surface area contributed by atoms with Gasteiger partial charge in [0.25, 0.3) is 5.91 Å². The minimum absolute atomic E-state index is 0.0640. The Morgan fingerprint density at radius 1 is 0.938 bits per heavy atom. The summed E-state index contributed by atoms with van der Waals surface area (Å²) in [7, 11) is -3.62. The molecule has 8 heteroatoms. The molecule has 1 saturated heterocycles. The Bertz CT molecular complexity index is 980. The lowest BCUT2D eigenvalue weighted by atomic mass is 10.0. The van der Waals surface area contributed by atoms with E-state index in [-0.39, 0.29) is 23.9 Å². The number of hydrogen-bond donors (Lipinski definition) is 0. The molecule has 32 heavy (non-hydrogen) atoms. The summed E-state index contributed by atoms with van der Waals surface area (Å²) in [6.07, 6.45) is 0. The molecule has 1 amide bonds. The summed E-state index contributed by atoms with van der Waals surface area (Å²) in [5.74, 6) is 0.942. The second-order valence-electron chi connectivity index (χ2n) is 7.99. The first-order chi connectivity index (χ1) is 15.3. The maximum Gasteiger partial charge on any atom is 0.253 e. The zero-order valence-corrected chi connectivity index (χ0v) is 19.8. The molecule has 0 aliphatic carbocycles. The van der Waals surface area contributed by atoms with Gasteiger partial charge in [0, 0.05) is 38.3 Å². The van der Waals surface area contributed by atoms with Gasteiger partial charge in [-0.2, -0.15) is 4.31 Å². The maximum atomic E-state index is 13.0. The number of hydrogen-bond acceptors (Lipinski definition) is 5. The number of benzene rings is 2. The molecular formula is C24H32N2O5S. The Hall–Kier alpha value is -2.42. The van der Waals surface area contributed by atoms with Crippen LogP contribution in [-0.4, -0.2) is 69.5 Å². The fourth-order valence-corrected chi connectivity index (χ4v) is 4.97. The summed E-state index contributed by atoms with van der Waals surface area (Å²) in [6, 6.07) is 14.1. The third-order valence-corrected chi connectivity index (χ3v) is 7.43. The van der Waals surface area contributed by atoms with E-state index in [4.69, 9.17) is 9.47 Å². The molecule has 2 aromatic rings. The van der Waals surface area contributed by atoms with Gasteiger partial charge in [-0.05, 0) is 54.8 Å². The van der Waals surface area contributed by atoms with Crippen molar-refractivity contribution in [1.82, 2.24) is 9.21 Å². The summed E-state index contributed by atoms with van der Waals surface area (Å²) in [4.78, 5) is 14.7. The summed E-state index contributed by atoms with van der Waals surface area (Å²) in [5.41, 5.74) is 1.81. The smallest absolute Gasteiger partial charge is 0.253 e. The predicted molar refractivity (Wildman–Crippen MR) is 124 cm³/mol. The van der Waals surface area contributed by atoms with Crippen LogP contribution in [-0.2, 0) is 14.8 Å². The van der Waals surface area contributed by atoms with Gasteiger partial charge in [-0.1, -0.05) is 26.0 Å². The predicted octanol–water partition coefficient (Wildman–Crippen LogP) is 3.37. The van der Waals surface area contributed by atoms with E-state index in [1.165, 1.54) is 9.87 Å². The Balaban J connectivity index is 1.57. The summed E-state index contributed by atoms with van der Waals surface area (Å²) >= 11 is 0. The number of carbonyl (C=O) groups excluding carboxylic acids is 1. The quantitative estimate of drug-likeness (QED) is 0.537. The van der Waals surface area contributed by atoms with Crippen LogP contribution >= 0.6 is 0 Å². The van der Waals surface area contributed by atoms with E-state index in [0.717, 1.165) is 0 Å². The van der Waals surface area contributed by atoms with Crippen molar-refractivity contribution in [3.05, 3.63) is 59.7 Å². The molecule has 1 aliphatic heterocycles. The number of nitrogens with zero attached hydrogens (tertiary/aromatic N) is 2. The maximum absolute atomic E-state index is 13.0. The zero-order chi connectivity index (χ0) is 23.1. The summed E-state index contributed by atoms with van der Waals surface area (Å²) in [5, 5.41) is 0. The largest absolute Gasteiger partial charge is 0.491 e. The average Bonchev–Trinajstić information content (AvgIpc) is 2.82. The van der Waals surface area contributed by atoms with E-state index < -0.39 is 10.0 Å². The second kappa shape index (κ2) is 10.9. The van der Waals surface area contributed by atoms with Gasteiger partial charge < -0.3 is 14.4 Å². The molecule has 0 radical (unpaired) electrons. The van der Waals surface area contributed by atoms with Crippen LogP contribution in [0.3, 0.4) is 0 Å². The molecule has 0 atom stereocenters. The molecule has 0 spiro atoms. The van der Waals surface area contributed by atoms with Crippen LogP contribution in [0.25, 0.3) is 0 Å². The SMILES string of the molecule is CCOCCOc1ccc(S(=O)(=O)N2CCN(C(=O)c3ccc(C(C)C)cc3)CC2)cc1. The third-order valence-electron chi connectivity index (χ3n) is 5.51. The van der Waals surface area contributed by atoms with Crippen LogP contribution < -0.4 is 4.74 Å². The van der Waals surface area contributed by atoms with Gasteiger partial charge in [-0.15, -0.1) is 0 Å².